The van der Waals surface area contributed by atoms with Gasteiger partial charge < -0.3 is 10.1 Å². The molecule has 4 heteroatoms. The summed E-state index contributed by atoms with van der Waals surface area (Å²) in [5, 5.41) is 3.03. The summed E-state index contributed by atoms with van der Waals surface area (Å²) in [6, 6.07) is 0. The van der Waals surface area contributed by atoms with Crippen molar-refractivity contribution >= 4 is 13.2 Å². The van der Waals surface area contributed by atoms with Crippen LogP contribution in [0.5, 0.6) is 0 Å². The number of ether oxygens (including phenoxy) is 1. The number of carbonyl (C=O) groups excluding carboxylic acids is 1. The van der Waals surface area contributed by atoms with E-state index in [0.29, 0.717) is 0 Å². The number of hydrogen-bond donors (Lipinski definition) is 1. The molecule has 0 heterocycles. The second-order valence-electron chi connectivity index (χ2n) is 12.4. The van der Waals surface area contributed by atoms with E-state index in [9.17, 15) is 4.79 Å². The third kappa shape index (κ3) is 12.8. The van der Waals surface area contributed by atoms with E-state index >= 15 is 0 Å². The van der Waals surface area contributed by atoms with Crippen LogP contribution >= 0.6 is 0 Å². The highest BCUT2D eigenvalue weighted by molar-refractivity contribution is 6.39. The summed E-state index contributed by atoms with van der Waals surface area (Å²) in [6.07, 6.45) is 31.3. The lowest BCUT2D eigenvalue weighted by atomic mass is 9.50. The van der Waals surface area contributed by atoms with Crippen molar-refractivity contribution in [1.29, 1.82) is 0 Å². The van der Waals surface area contributed by atoms with E-state index in [1.165, 1.54) is 136 Å². The molecule has 3 rings (SSSR count). The fourth-order valence-electron chi connectivity index (χ4n) is 7.08. The minimum atomic E-state index is -0.0106. The van der Waals surface area contributed by atoms with Gasteiger partial charge in [-0.1, -0.05) is 140 Å². The quantitative estimate of drug-likeness (QED) is 0.332. The van der Waals surface area contributed by atoms with E-state index in [1.54, 1.807) is 0 Å². The number of hydrogen-bond acceptors (Lipinski definition) is 2. The summed E-state index contributed by atoms with van der Waals surface area (Å²) in [5.74, 6) is 2.78. The highest BCUT2D eigenvalue weighted by Gasteiger charge is 2.21. The van der Waals surface area contributed by atoms with Crippen molar-refractivity contribution in [3.63, 3.8) is 0 Å². The van der Waals surface area contributed by atoms with Crippen molar-refractivity contribution in [3.8, 4) is 0 Å². The van der Waals surface area contributed by atoms with Crippen LogP contribution in [0.2, 0.25) is 11.6 Å². The third-order valence-corrected chi connectivity index (χ3v) is 9.26. The largest absolute Gasteiger partial charge is 0.368 e. The second kappa shape index (κ2) is 17.6. The Morgan fingerprint density at radius 1 is 0.686 bits per heavy atom. The first-order valence-electron chi connectivity index (χ1n) is 15.8. The summed E-state index contributed by atoms with van der Waals surface area (Å²) in [6.45, 7) is 4.36. The van der Waals surface area contributed by atoms with Crippen LogP contribution in [0.4, 0.5) is 0 Å². The first kappa shape index (κ1) is 28.8. The minimum absolute atomic E-state index is 0.0106. The SMILES string of the molecule is C=C(CCC1CCCCC(BC2CCCCCCC2)CCC1)NC(=O)COC1CCCCCCC1. The average molecular weight is 486 g/mol. The van der Waals surface area contributed by atoms with Crippen LogP contribution in [0.3, 0.4) is 0 Å². The van der Waals surface area contributed by atoms with Crippen LogP contribution in [0.15, 0.2) is 12.3 Å². The first-order chi connectivity index (χ1) is 17.2. The molecule has 3 fully saturated rings. The summed E-state index contributed by atoms with van der Waals surface area (Å²) in [4.78, 5) is 12.4. The van der Waals surface area contributed by atoms with Crippen molar-refractivity contribution in [2.24, 2.45) is 5.92 Å². The molecule has 200 valence electrons. The van der Waals surface area contributed by atoms with Crippen molar-refractivity contribution in [2.45, 2.75) is 165 Å². The van der Waals surface area contributed by atoms with E-state index in [2.05, 4.69) is 11.9 Å². The Hall–Kier alpha value is -0.765. The first-order valence-corrected chi connectivity index (χ1v) is 15.8. The molecule has 2 unspecified atom stereocenters. The topological polar surface area (TPSA) is 38.3 Å². The lowest BCUT2D eigenvalue weighted by Crippen LogP contribution is -2.29. The number of amides is 1. The molecular weight excluding hydrogens is 429 g/mol. The van der Waals surface area contributed by atoms with Gasteiger partial charge in [0.15, 0.2) is 0 Å². The second-order valence-corrected chi connectivity index (χ2v) is 12.4. The van der Waals surface area contributed by atoms with Gasteiger partial charge in [-0.2, -0.15) is 0 Å². The van der Waals surface area contributed by atoms with E-state index in [1.807, 2.05) is 0 Å². The smallest absolute Gasteiger partial charge is 0.250 e. The van der Waals surface area contributed by atoms with Crippen LogP contribution in [-0.2, 0) is 9.53 Å². The van der Waals surface area contributed by atoms with Gasteiger partial charge in [-0.05, 0) is 31.6 Å². The van der Waals surface area contributed by atoms with Gasteiger partial charge in [-0.25, -0.2) is 0 Å². The maximum Gasteiger partial charge on any atom is 0.250 e. The van der Waals surface area contributed by atoms with E-state index in [-0.39, 0.29) is 18.6 Å². The van der Waals surface area contributed by atoms with Gasteiger partial charge in [0.05, 0.1) is 6.10 Å². The number of rotatable bonds is 9. The molecule has 3 aliphatic carbocycles. The number of allylic oxidation sites excluding steroid dienone is 1. The molecule has 1 amide bonds. The zero-order valence-corrected chi connectivity index (χ0v) is 23.0. The fraction of sp³-hybridized carbons (Fsp3) is 0.903. The van der Waals surface area contributed by atoms with Crippen molar-refractivity contribution < 1.29 is 9.53 Å². The molecule has 3 aliphatic rings. The molecule has 1 N–H and O–H groups in total. The van der Waals surface area contributed by atoms with Gasteiger partial charge in [0, 0.05) is 5.70 Å². The zero-order valence-electron chi connectivity index (χ0n) is 23.0. The summed E-state index contributed by atoms with van der Waals surface area (Å²) in [5.41, 5.74) is 0.887. The number of nitrogens with one attached hydrogen (secondary N) is 1. The molecule has 0 aliphatic heterocycles. The third-order valence-electron chi connectivity index (χ3n) is 9.26. The van der Waals surface area contributed by atoms with Crippen LogP contribution in [-0.4, -0.2) is 25.9 Å². The fourth-order valence-corrected chi connectivity index (χ4v) is 7.08. The van der Waals surface area contributed by atoms with Gasteiger partial charge in [-0.3, -0.25) is 4.79 Å². The summed E-state index contributed by atoms with van der Waals surface area (Å²) >= 11 is 0. The van der Waals surface area contributed by atoms with Crippen LogP contribution in [0.25, 0.3) is 0 Å². The van der Waals surface area contributed by atoms with Crippen molar-refractivity contribution in [1.82, 2.24) is 5.32 Å². The Labute approximate surface area is 218 Å². The van der Waals surface area contributed by atoms with Gasteiger partial charge in [-0.15, -0.1) is 0 Å². The molecule has 3 nitrogen and oxygen atoms in total. The van der Waals surface area contributed by atoms with Gasteiger partial charge in [0.25, 0.3) is 0 Å². The standard InChI is InChI=1S/C31H56BNO2/c1-26(33-31(34)25-35-30-21-10-6-3-7-11-22-30)23-24-27-15-12-13-19-29(20-14-16-27)32-28-17-8-4-2-5-9-18-28/h27-30,32H,1-25H2,(H,33,34). The molecule has 0 aromatic rings. The Bertz CT molecular complexity index is 579. The van der Waals surface area contributed by atoms with E-state index in [0.717, 1.165) is 42.5 Å². The normalized spacial score (nSPS) is 26.6. The summed E-state index contributed by atoms with van der Waals surface area (Å²) < 4.78 is 5.94. The highest BCUT2D eigenvalue weighted by atomic mass is 16.5. The predicted molar refractivity (Wildman–Crippen MR) is 151 cm³/mol. The lowest BCUT2D eigenvalue weighted by molar-refractivity contribution is -0.127. The number of carbonyl (C=O) groups is 1. The van der Waals surface area contributed by atoms with Gasteiger partial charge in [0.1, 0.15) is 13.9 Å². The van der Waals surface area contributed by atoms with E-state index < -0.39 is 0 Å². The molecule has 0 radical (unpaired) electrons. The molecular formula is C31H56BNO2. The van der Waals surface area contributed by atoms with Gasteiger partial charge >= 0.3 is 0 Å². The van der Waals surface area contributed by atoms with Crippen LogP contribution in [0, 0.1) is 5.92 Å². The molecule has 2 atom stereocenters. The molecule has 0 spiro atoms. The van der Waals surface area contributed by atoms with Gasteiger partial charge in [0.2, 0.25) is 5.91 Å². The van der Waals surface area contributed by atoms with E-state index in [4.69, 9.17) is 4.74 Å². The molecule has 0 saturated heterocycles. The summed E-state index contributed by atoms with van der Waals surface area (Å²) in [7, 11) is 1.51. The minimum Gasteiger partial charge on any atom is -0.368 e. The maximum absolute atomic E-state index is 12.4. The molecule has 0 bridgehead atoms. The Morgan fingerprint density at radius 3 is 1.83 bits per heavy atom. The lowest BCUT2D eigenvalue weighted by Gasteiger charge is -2.24. The Balaban J connectivity index is 1.29. The van der Waals surface area contributed by atoms with Crippen LogP contribution in [0.1, 0.15) is 148 Å². The van der Waals surface area contributed by atoms with Crippen LogP contribution < -0.4 is 5.32 Å². The average Bonchev–Trinajstić information content (AvgIpc) is 2.91. The monoisotopic (exact) mass is 485 g/mol. The van der Waals surface area contributed by atoms with Crippen molar-refractivity contribution in [2.75, 3.05) is 6.61 Å². The zero-order chi connectivity index (χ0) is 24.6. The van der Waals surface area contributed by atoms with Crippen molar-refractivity contribution in [3.05, 3.63) is 12.3 Å². The Kier molecular flexibility index (Phi) is 14.5. The maximum atomic E-state index is 12.4. The predicted octanol–water partition coefficient (Wildman–Crippen LogP) is 8.64. The molecule has 0 aromatic heterocycles. The highest BCUT2D eigenvalue weighted by Crippen LogP contribution is 2.35. The molecule has 3 saturated carbocycles. The molecule has 0 aromatic carbocycles. The molecule has 35 heavy (non-hydrogen) atoms. The Morgan fingerprint density at radius 2 is 1.17 bits per heavy atom.